The topological polar surface area (TPSA) is 26.3 Å². The quantitative estimate of drug-likeness (QED) is 0.318. The van der Waals surface area contributed by atoms with Crippen molar-refractivity contribution >= 4 is 17.6 Å². The number of rotatable bonds is 6. The van der Waals surface area contributed by atoms with Crippen molar-refractivity contribution in [1.29, 1.82) is 0 Å². The van der Waals surface area contributed by atoms with Gasteiger partial charge in [-0.3, -0.25) is 0 Å². The molecule has 2 nitrogen and oxygen atoms in total. The van der Waals surface area contributed by atoms with Gasteiger partial charge in [-0.2, -0.15) is 26.3 Å². The van der Waals surface area contributed by atoms with E-state index in [9.17, 15) is 31.1 Å². The zero-order valence-electron chi connectivity index (χ0n) is 10.00. The van der Waals surface area contributed by atoms with Gasteiger partial charge in [0.1, 0.15) is 0 Å². The van der Waals surface area contributed by atoms with E-state index < -0.39 is 29.8 Å². The molecule has 0 atom stereocenters. The number of alkyl halides is 7. The summed E-state index contributed by atoms with van der Waals surface area (Å²) < 4.78 is 78.0. The van der Waals surface area contributed by atoms with Gasteiger partial charge in [-0.15, -0.1) is 0 Å². The fraction of sp³-hybridized carbons (Fsp3) is 0.900. The SMILES string of the molecule is CCCCCCOC(=O)C(Cl)(C(F)(F)F)C(F)(F)F. The van der Waals surface area contributed by atoms with Crippen LogP contribution in [0.5, 0.6) is 0 Å². The molecule has 9 heteroatoms. The molecule has 0 radical (unpaired) electrons. The van der Waals surface area contributed by atoms with Gasteiger partial charge in [0.25, 0.3) is 0 Å². The van der Waals surface area contributed by atoms with Gasteiger partial charge in [-0.25, -0.2) is 4.79 Å². The van der Waals surface area contributed by atoms with Gasteiger partial charge in [0.15, 0.2) is 0 Å². The third-order valence-electron chi connectivity index (χ3n) is 2.29. The molecule has 0 heterocycles. The molecule has 0 saturated heterocycles. The highest BCUT2D eigenvalue weighted by Gasteiger charge is 2.76. The molecule has 0 aromatic carbocycles. The van der Waals surface area contributed by atoms with Crippen molar-refractivity contribution in [3.8, 4) is 0 Å². The van der Waals surface area contributed by atoms with Crippen LogP contribution in [0.3, 0.4) is 0 Å². The van der Waals surface area contributed by atoms with Crippen LogP contribution in [0.1, 0.15) is 32.6 Å². The summed E-state index contributed by atoms with van der Waals surface area (Å²) in [5, 5.41) is 0. The van der Waals surface area contributed by atoms with E-state index in [0.717, 1.165) is 12.8 Å². The fourth-order valence-corrected chi connectivity index (χ4v) is 1.24. The van der Waals surface area contributed by atoms with Gasteiger partial charge in [0.2, 0.25) is 0 Å². The van der Waals surface area contributed by atoms with E-state index in [2.05, 4.69) is 16.3 Å². The van der Waals surface area contributed by atoms with Crippen molar-refractivity contribution in [2.24, 2.45) is 0 Å². The highest BCUT2D eigenvalue weighted by Crippen LogP contribution is 2.48. The summed E-state index contributed by atoms with van der Waals surface area (Å²) in [4.78, 5) is 5.99. The van der Waals surface area contributed by atoms with Gasteiger partial charge >= 0.3 is 23.2 Å². The standard InChI is InChI=1S/C10H13ClF6O2/c1-2-3-4-5-6-19-7(18)8(11,9(12,13)14)10(15,16)17/h2-6H2,1H3. The summed E-state index contributed by atoms with van der Waals surface area (Å²) in [6.07, 6.45) is -9.68. The zero-order chi connectivity index (χ0) is 15.3. The molecule has 0 rings (SSSR count). The van der Waals surface area contributed by atoms with E-state index in [1.807, 2.05) is 6.92 Å². The summed E-state index contributed by atoms with van der Waals surface area (Å²) in [6, 6.07) is 0. The molecular formula is C10H13ClF6O2. The van der Waals surface area contributed by atoms with Crippen LogP contribution >= 0.6 is 11.6 Å². The highest BCUT2D eigenvalue weighted by molar-refractivity contribution is 6.35. The molecular weight excluding hydrogens is 302 g/mol. The second kappa shape index (κ2) is 6.67. The second-order valence-corrected chi connectivity index (χ2v) is 4.42. The third kappa shape index (κ3) is 4.43. The number of hydrogen-bond donors (Lipinski definition) is 0. The first-order valence-corrected chi connectivity index (χ1v) is 5.85. The van der Waals surface area contributed by atoms with E-state index in [1.54, 1.807) is 0 Å². The van der Waals surface area contributed by atoms with Crippen molar-refractivity contribution in [3.63, 3.8) is 0 Å². The molecule has 0 fully saturated rings. The largest absolute Gasteiger partial charge is 0.464 e. The maximum atomic E-state index is 12.3. The minimum Gasteiger partial charge on any atom is -0.464 e. The molecule has 0 aromatic heterocycles. The lowest BCUT2D eigenvalue weighted by Gasteiger charge is -2.29. The van der Waals surface area contributed by atoms with Crippen molar-refractivity contribution < 1.29 is 35.9 Å². The lowest BCUT2D eigenvalue weighted by Crippen LogP contribution is -2.58. The maximum Gasteiger partial charge on any atom is 0.427 e. The molecule has 0 saturated carbocycles. The normalized spacial score (nSPS) is 13.5. The van der Waals surface area contributed by atoms with E-state index in [1.165, 1.54) is 0 Å². The molecule has 0 amide bonds. The summed E-state index contributed by atoms with van der Waals surface area (Å²) in [5.74, 6) is -2.54. The summed E-state index contributed by atoms with van der Waals surface area (Å²) in [5.41, 5.74) is 0. The van der Waals surface area contributed by atoms with Crippen LogP contribution in [0.15, 0.2) is 0 Å². The fourth-order valence-electron chi connectivity index (χ4n) is 1.19. The molecule has 0 aliphatic heterocycles. The Balaban J connectivity index is 4.69. The Morgan fingerprint density at radius 1 is 1.00 bits per heavy atom. The molecule has 0 spiro atoms. The molecule has 0 unspecified atom stereocenters. The van der Waals surface area contributed by atoms with E-state index in [-0.39, 0.29) is 6.42 Å². The first kappa shape index (κ1) is 18.3. The van der Waals surface area contributed by atoms with Crippen molar-refractivity contribution in [3.05, 3.63) is 0 Å². The number of halogens is 7. The Morgan fingerprint density at radius 3 is 1.84 bits per heavy atom. The van der Waals surface area contributed by atoms with Crippen LogP contribution in [0, 0.1) is 0 Å². The minimum absolute atomic E-state index is 0.183. The maximum absolute atomic E-state index is 12.3. The van der Waals surface area contributed by atoms with Gasteiger partial charge in [0.05, 0.1) is 6.61 Å². The Hall–Kier alpha value is -0.660. The molecule has 0 bridgehead atoms. The van der Waals surface area contributed by atoms with E-state index in [0.29, 0.717) is 6.42 Å². The first-order valence-electron chi connectivity index (χ1n) is 5.48. The molecule has 114 valence electrons. The van der Waals surface area contributed by atoms with Crippen LogP contribution in [0.2, 0.25) is 0 Å². The Morgan fingerprint density at radius 2 is 1.47 bits per heavy atom. The number of ether oxygens (including phenoxy) is 1. The summed E-state index contributed by atoms with van der Waals surface area (Å²) in [6.45, 7) is 1.34. The summed E-state index contributed by atoms with van der Waals surface area (Å²) >= 11 is 4.46. The van der Waals surface area contributed by atoms with E-state index in [4.69, 9.17) is 0 Å². The average molecular weight is 315 g/mol. The predicted molar refractivity (Wildman–Crippen MR) is 55.8 cm³/mol. The Bertz CT molecular complexity index is 285. The zero-order valence-corrected chi connectivity index (χ0v) is 10.8. The number of esters is 1. The van der Waals surface area contributed by atoms with Crippen LogP contribution < -0.4 is 0 Å². The Kier molecular flexibility index (Phi) is 6.44. The van der Waals surface area contributed by atoms with Gasteiger partial charge in [0, 0.05) is 0 Å². The van der Waals surface area contributed by atoms with Crippen molar-refractivity contribution in [1.82, 2.24) is 0 Å². The number of hydrogen-bond acceptors (Lipinski definition) is 2. The van der Waals surface area contributed by atoms with Gasteiger partial charge in [-0.05, 0) is 6.42 Å². The lowest BCUT2D eigenvalue weighted by molar-refractivity contribution is -0.268. The van der Waals surface area contributed by atoms with Crippen LogP contribution in [-0.4, -0.2) is 29.8 Å². The van der Waals surface area contributed by atoms with Gasteiger partial charge in [-0.1, -0.05) is 37.8 Å². The molecule has 0 N–H and O–H groups in total. The van der Waals surface area contributed by atoms with Crippen LogP contribution in [-0.2, 0) is 9.53 Å². The minimum atomic E-state index is -5.98. The number of unbranched alkanes of at least 4 members (excludes halogenated alkanes) is 3. The average Bonchev–Trinajstić information content (AvgIpc) is 2.24. The van der Waals surface area contributed by atoms with E-state index >= 15 is 0 Å². The smallest absolute Gasteiger partial charge is 0.427 e. The number of carbonyl (C=O) groups excluding carboxylic acids is 1. The van der Waals surface area contributed by atoms with Crippen LogP contribution in [0.4, 0.5) is 26.3 Å². The number of carbonyl (C=O) groups is 1. The molecule has 0 aliphatic rings. The van der Waals surface area contributed by atoms with Crippen molar-refractivity contribution in [2.45, 2.75) is 49.8 Å². The monoisotopic (exact) mass is 314 g/mol. The predicted octanol–water partition coefficient (Wildman–Crippen LogP) is 4.21. The lowest BCUT2D eigenvalue weighted by atomic mass is 10.1. The molecule has 0 aromatic rings. The Labute approximate surface area is 111 Å². The van der Waals surface area contributed by atoms with Gasteiger partial charge < -0.3 is 4.74 Å². The second-order valence-electron chi connectivity index (χ2n) is 3.85. The first-order chi connectivity index (χ1) is 8.48. The molecule has 0 aliphatic carbocycles. The molecule has 19 heavy (non-hydrogen) atoms. The third-order valence-corrected chi connectivity index (χ3v) is 2.88. The van der Waals surface area contributed by atoms with Crippen LogP contribution in [0.25, 0.3) is 0 Å². The summed E-state index contributed by atoms with van der Waals surface area (Å²) in [7, 11) is 0. The van der Waals surface area contributed by atoms with Crippen molar-refractivity contribution in [2.75, 3.05) is 6.61 Å². The highest BCUT2D eigenvalue weighted by atomic mass is 35.5.